The summed E-state index contributed by atoms with van der Waals surface area (Å²) in [5.41, 5.74) is 2.10. The van der Waals surface area contributed by atoms with E-state index in [1.54, 1.807) is 0 Å². The van der Waals surface area contributed by atoms with Crippen LogP contribution in [0.4, 0.5) is 0 Å². The van der Waals surface area contributed by atoms with Gasteiger partial charge < -0.3 is 0 Å². The SMILES string of the molecule is CCn1c(C)c(C)c(=O)n1C(C)C. The minimum atomic E-state index is 0.148. The Hall–Kier alpha value is -0.990. The van der Waals surface area contributed by atoms with Gasteiger partial charge >= 0.3 is 0 Å². The van der Waals surface area contributed by atoms with Crippen LogP contribution >= 0.6 is 0 Å². The van der Waals surface area contributed by atoms with Gasteiger partial charge in [0.25, 0.3) is 5.56 Å². The number of nitrogens with zero attached hydrogens (tertiary/aromatic N) is 2. The van der Waals surface area contributed by atoms with Gasteiger partial charge in [-0.05, 0) is 34.6 Å². The molecule has 0 saturated carbocycles. The molecular formula is C10H18N2O. The van der Waals surface area contributed by atoms with Crippen molar-refractivity contribution < 1.29 is 0 Å². The molecule has 0 aromatic carbocycles. The zero-order valence-corrected chi connectivity index (χ0v) is 9.09. The fourth-order valence-electron chi connectivity index (χ4n) is 1.69. The first-order chi connectivity index (χ1) is 6.00. The average molecular weight is 182 g/mol. The van der Waals surface area contributed by atoms with E-state index in [2.05, 4.69) is 6.92 Å². The number of aromatic nitrogens is 2. The summed E-state index contributed by atoms with van der Waals surface area (Å²) in [5, 5.41) is 0. The molecule has 1 aromatic heterocycles. The van der Waals surface area contributed by atoms with E-state index in [-0.39, 0.29) is 11.6 Å². The summed E-state index contributed by atoms with van der Waals surface area (Å²) in [4.78, 5) is 11.8. The molecule has 1 rings (SSSR count). The molecule has 1 aromatic rings. The Kier molecular flexibility index (Phi) is 2.64. The standard InChI is InChI=1S/C10H18N2O/c1-6-11-9(5)8(4)10(13)12(11)7(2)3/h7H,6H2,1-5H3. The predicted octanol–water partition coefficient (Wildman–Crippen LogP) is 1.87. The van der Waals surface area contributed by atoms with Crippen molar-refractivity contribution in [3.05, 3.63) is 21.6 Å². The molecule has 3 nitrogen and oxygen atoms in total. The fraction of sp³-hybridized carbons (Fsp3) is 0.700. The molecule has 3 heteroatoms. The molecule has 74 valence electrons. The van der Waals surface area contributed by atoms with Crippen LogP contribution in [0, 0.1) is 13.8 Å². The zero-order chi connectivity index (χ0) is 10.2. The van der Waals surface area contributed by atoms with E-state index in [1.807, 2.05) is 37.1 Å². The van der Waals surface area contributed by atoms with Crippen LogP contribution < -0.4 is 5.56 Å². The highest BCUT2D eigenvalue weighted by atomic mass is 16.1. The van der Waals surface area contributed by atoms with Crippen molar-refractivity contribution >= 4 is 0 Å². The van der Waals surface area contributed by atoms with Crippen LogP contribution in [0.2, 0.25) is 0 Å². The third-order valence-corrected chi connectivity index (χ3v) is 2.51. The second-order valence-electron chi connectivity index (χ2n) is 3.67. The summed E-state index contributed by atoms with van der Waals surface area (Å²) in [6, 6.07) is 0.236. The molecule has 0 N–H and O–H groups in total. The van der Waals surface area contributed by atoms with Gasteiger partial charge in [-0.3, -0.25) is 9.48 Å². The van der Waals surface area contributed by atoms with Crippen molar-refractivity contribution in [2.24, 2.45) is 0 Å². The van der Waals surface area contributed by atoms with Gasteiger partial charge in [-0.1, -0.05) is 0 Å². The molecule has 0 saturated heterocycles. The van der Waals surface area contributed by atoms with Crippen LogP contribution in [-0.2, 0) is 6.54 Å². The van der Waals surface area contributed by atoms with Crippen molar-refractivity contribution in [2.75, 3.05) is 0 Å². The summed E-state index contributed by atoms with van der Waals surface area (Å²) in [5.74, 6) is 0. The molecule has 0 atom stereocenters. The summed E-state index contributed by atoms with van der Waals surface area (Å²) < 4.78 is 3.87. The lowest BCUT2D eigenvalue weighted by Gasteiger charge is -2.14. The van der Waals surface area contributed by atoms with Crippen molar-refractivity contribution in [3.8, 4) is 0 Å². The lowest BCUT2D eigenvalue weighted by molar-refractivity contribution is 0.404. The van der Waals surface area contributed by atoms with E-state index in [9.17, 15) is 4.79 Å². The van der Waals surface area contributed by atoms with Gasteiger partial charge in [0, 0.05) is 23.8 Å². The van der Waals surface area contributed by atoms with E-state index in [4.69, 9.17) is 0 Å². The first-order valence-corrected chi connectivity index (χ1v) is 4.79. The van der Waals surface area contributed by atoms with E-state index >= 15 is 0 Å². The third-order valence-electron chi connectivity index (χ3n) is 2.51. The quantitative estimate of drug-likeness (QED) is 0.686. The van der Waals surface area contributed by atoms with Crippen LogP contribution in [0.15, 0.2) is 4.79 Å². The molecule has 13 heavy (non-hydrogen) atoms. The van der Waals surface area contributed by atoms with Gasteiger partial charge in [-0.15, -0.1) is 0 Å². The smallest absolute Gasteiger partial charge is 0.270 e. The van der Waals surface area contributed by atoms with Gasteiger partial charge in [0.15, 0.2) is 0 Å². The summed E-state index contributed by atoms with van der Waals surface area (Å²) >= 11 is 0. The Morgan fingerprint density at radius 2 is 1.85 bits per heavy atom. The predicted molar refractivity (Wildman–Crippen MR) is 54.2 cm³/mol. The van der Waals surface area contributed by atoms with Gasteiger partial charge in [0.1, 0.15) is 0 Å². The molecule has 0 amide bonds. The van der Waals surface area contributed by atoms with Crippen molar-refractivity contribution in [2.45, 2.75) is 47.2 Å². The van der Waals surface area contributed by atoms with Crippen LogP contribution in [0.25, 0.3) is 0 Å². The van der Waals surface area contributed by atoms with Gasteiger partial charge in [0.05, 0.1) is 0 Å². The zero-order valence-electron chi connectivity index (χ0n) is 9.09. The largest absolute Gasteiger partial charge is 0.287 e. The highest BCUT2D eigenvalue weighted by molar-refractivity contribution is 5.15. The van der Waals surface area contributed by atoms with Crippen LogP contribution in [0.3, 0.4) is 0 Å². The van der Waals surface area contributed by atoms with Crippen molar-refractivity contribution in [3.63, 3.8) is 0 Å². The monoisotopic (exact) mass is 182 g/mol. The normalized spacial score (nSPS) is 11.2. The second kappa shape index (κ2) is 3.40. The minimum absolute atomic E-state index is 0.148. The number of rotatable bonds is 2. The van der Waals surface area contributed by atoms with Gasteiger partial charge in [-0.25, -0.2) is 4.68 Å². The first-order valence-electron chi connectivity index (χ1n) is 4.79. The maximum absolute atomic E-state index is 11.8. The third kappa shape index (κ3) is 1.43. The van der Waals surface area contributed by atoms with Crippen molar-refractivity contribution in [1.29, 1.82) is 0 Å². The molecule has 0 fully saturated rings. The number of hydrogen-bond donors (Lipinski definition) is 0. The molecule has 0 bridgehead atoms. The lowest BCUT2D eigenvalue weighted by Crippen LogP contribution is -2.25. The van der Waals surface area contributed by atoms with Crippen LogP contribution in [0.5, 0.6) is 0 Å². The molecular weight excluding hydrogens is 164 g/mol. The number of hydrogen-bond acceptors (Lipinski definition) is 1. The molecule has 0 aliphatic rings. The van der Waals surface area contributed by atoms with E-state index in [0.29, 0.717) is 0 Å². The Balaban J connectivity index is 3.48. The molecule has 1 heterocycles. The van der Waals surface area contributed by atoms with Gasteiger partial charge in [0.2, 0.25) is 0 Å². The molecule has 0 radical (unpaired) electrons. The summed E-state index contributed by atoms with van der Waals surface area (Å²) in [7, 11) is 0. The maximum atomic E-state index is 11.8. The summed E-state index contributed by atoms with van der Waals surface area (Å²) in [6.45, 7) is 10.9. The molecule has 0 unspecified atom stereocenters. The highest BCUT2D eigenvalue weighted by Gasteiger charge is 2.13. The van der Waals surface area contributed by atoms with Gasteiger partial charge in [-0.2, -0.15) is 0 Å². The molecule has 0 spiro atoms. The summed E-state index contributed by atoms with van der Waals surface area (Å²) in [6.07, 6.45) is 0. The van der Waals surface area contributed by atoms with E-state index in [0.717, 1.165) is 17.8 Å². The Labute approximate surface area is 79.0 Å². The minimum Gasteiger partial charge on any atom is -0.287 e. The molecule has 0 aliphatic heterocycles. The second-order valence-corrected chi connectivity index (χ2v) is 3.67. The highest BCUT2D eigenvalue weighted by Crippen LogP contribution is 2.08. The lowest BCUT2D eigenvalue weighted by atomic mass is 10.3. The van der Waals surface area contributed by atoms with Crippen molar-refractivity contribution in [1.82, 2.24) is 9.36 Å². The Bertz CT molecular complexity index is 358. The fourth-order valence-corrected chi connectivity index (χ4v) is 1.69. The van der Waals surface area contributed by atoms with E-state index in [1.165, 1.54) is 0 Å². The molecule has 0 aliphatic carbocycles. The topological polar surface area (TPSA) is 26.9 Å². The Morgan fingerprint density at radius 3 is 2.15 bits per heavy atom. The first kappa shape index (κ1) is 10.1. The van der Waals surface area contributed by atoms with E-state index < -0.39 is 0 Å². The van der Waals surface area contributed by atoms with Crippen LogP contribution in [0.1, 0.15) is 38.1 Å². The maximum Gasteiger partial charge on any atom is 0.270 e. The van der Waals surface area contributed by atoms with Crippen LogP contribution in [-0.4, -0.2) is 9.36 Å². The Morgan fingerprint density at radius 1 is 1.31 bits per heavy atom. The average Bonchev–Trinajstić information content (AvgIpc) is 2.29.